The summed E-state index contributed by atoms with van der Waals surface area (Å²) in [5.41, 5.74) is 7.27. The number of carbonyl (C=O) groups excluding carboxylic acids is 1. The molecule has 1 aliphatic rings. The van der Waals surface area contributed by atoms with Gasteiger partial charge in [0.1, 0.15) is 11.2 Å². The first-order valence-corrected chi connectivity index (χ1v) is 6.62. The number of primary amides is 1. The maximum absolute atomic E-state index is 11.6. The van der Waals surface area contributed by atoms with E-state index in [9.17, 15) is 4.79 Å². The molecule has 0 aliphatic carbocycles. The minimum Gasteiger partial charge on any atom is -0.375 e. The van der Waals surface area contributed by atoms with Gasteiger partial charge in [-0.1, -0.05) is 11.6 Å². The maximum Gasteiger partial charge on any atom is 0.237 e. The Balaban J connectivity index is 2.23. The predicted molar refractivity (Wildman–Crippen MR) is 71.8 cm³/mol. The molecule has 7 heteroatoms. The van der Waals surface area contributed by atoms with Crippen LogP contribution in [0, 0.1) is 6.92 Å². The van der Waals surface area contributed by atoms with E-state index in [1.807, 2.05) is 18.7 Å². The number of hydrogen-bond acceptors (Lipinski definition) is 4. The van der Waals surface area contributed by atoms with Crippen molar-refractivity contribution in [3.63, 3.8) is 0 Å². The average molecular weight is 287 g/mol. The van der Waals surface area contributed by atoms with E-state index < -0.39 is 6.04 Å². The molecule has 2 rings (SSSR count). The molecule has 0 unspecified atom stereocenters. The van der Waals surface area contributed by atoms with Crippen molar-refractivity contribution in [1.82, 2.24) is 14.7 Å². The van der Waals surface area contributed by atoms with Crippen molar-refractivity contribution in [3.05, 3.63) is 16.4 Å². The number of carbonyl (C=O) groups is 1. The molecule has 0 spiro atoms. The summed E-state index contributed by atoms with van der Waals surface area (Å²) in [6.45, 7) is 5.56. The summed E-state index contributed by atoms with van der Waals surface area (Å²) in [4.78, 5) is 13.6. The molecular weight excluding hydrogens is 268 g/mol. The Morgan fingerprint density at radius 2 is 2.32 bits per heavy atom. The molecule has 1 aliphatic heterocycles. The van der Waals surface area contributed by atoms with Gasteiger partial charge in [-0.05, 0) is 13.8 Å². The molecule has 0 saturated carbocycles. The highest BCUT2D eigenvalue weighted by atomic mass is 35.5. The molecular formula is C12H19ClN4O2. The molecule has 6 nitrogen and oxygen atoms in total. The molecule has 2 heterocycles. The zero-order valence-corrected chi connectivity index (χ0v) is 12.1. The lowest BCUT2D eigenvalue weighted by atomic mass is 10.1. The van der Waals surface area contributed by atoms with Gasteiger partial charge in [-0.2, -0.15) is 5.10 Å². The highest BCUT2D eigenvalue weighted by Gasteiger charge is 2.34. The van der Waals surface area contributed by atoms with Crippen LogP contribution in [0.2, 0.25) is 5.15 Å². The van der Waals surface area contributed by atoms with E-state index in [0.29, 0.717) is 24.8 Å². The minimum atomic E-state index is -0.426. The smallest absolute Gasteiger partial charge is 0.237 e. The molecule has 1 amide bonds. The molecule has 1 aromatic heterocycles. The number of amides is 1. The van der Waals surface area contributed by atoms with Crippen molar-refractivity contribution < 1.29 is 9.53 Å². The van der Waals surface area contributed by atoms with Crippen LogP contribution in [0.4, 0.5) is 0 Å². The number of rotatable bonds is 3. The largest absolute Gasteiger partial charge is 0.375 e. The topological polar surface area (TPSA) is 73.4 Å². The Labute approximate surface area is 117 Å². The van der Waals surface area contributed by atoms with Gasteiger partial charge in [-0.15, -0.1) is 0 Å². The van der Waals surface area contributed by atoms with Crippen LogP contribution < -0.4 is 5.73 Å². The first-order valence-electron chi connectivity index (χ1n) is 6.24. The maximum atomic E-state index is 11.6. The number of nitrogens with two attached hydrogens (primary N) is 1. The third-order valence-electron chi connectivity index (χ3n) is 3.52. The zero-order chi connectivity index (χ0) is 14.2. The number of hydrogen-bond donors (Lipinski definition) is 1. The summed E-state index contributed by atoms with van der Waals surface area (Å²) in [5.74, 6) is -0.370. The lowest BCUT2D eigenvalue weighted by molar-refractivity contribution is -0.136. The van der Waals surface area contributed by atoms with Gasteiger partial charge in [0.2, 0.25) is 5.91 Å². The van der Waals surface area contributed by atoms with Gasteiger partial charge >= 0.3 is 0 Å². The molecule has 19 heavy (non-hydrogen) atoms. The van der Waals surface area contributed by atoms with E-state index in [1.165, 1.54) is 0 Å². The van der Waals surface area contributed by atoms with E-state index in [2.05, 4.69) is 5.10 Å². The fourth-order valence-corrected chi connectivity index (χ4v) is 2.76. The summed E-state index contributed by atoms with van der Waals surface area (Å²) in [6.07, 6.45) is -0.206. The number of morpholine rings is 1. The monoisotopic (exact) mass is 286 g/mol. The van der Waals surface area contributed by atoms with Crippen LogP contribution in [0.15, 0.2) is 0 Å². The molecule has 2 atom stereocenters. The van der Waals surface area contributed by atoms with E-state index in [-0.39, 0.29) is 12.0 Å². The quantitative estimate of drug-likeness (QED) is 0.876. The third kappa shape index (κ3) is 2.75. The van der Waals surface area contributed by atoms with Crippen LogP contribution in [0.25, 0.3) is 0 Å². The normalized spacial score (nSPS) is 24.6. The van der Waals surface area contributed by atoms with E-state index in [1.54, 1.807) is 11.7 Å². The van der Waals surface area contributed by atoms with Gasteiger partial charge in [0.15, 0.2) is 0 Å². The number of ether oxygens (including phenoxy) is 1. The van der Waals surface area contributed by atoms with Gasteiger partial charge in [-0.3, -0.25) is 14.4 Å². The SMILES string of the molecule is Cc1nn(C)c(Cl)c1CN1CCO[C@H](C)[C@H]1C(N)=O. The fourth-order valence-electron chi connectivity index (χ4n) is 2.53. The Kier molecular flexibility index (Phi) is 4.13. The third-order valence-corrected chi connectivity index (χ3v) is 3.99. The molecule has 0 radical (unpaired) electrons. The Bertz CT molecular complexity index is 488. The van der Waals surface area contributed by atoms with Gasteiger partial charge in [0.25, 0.3) is 0 Å². The van der Waals surface area contributed by atoms with Crippen LogP contribution in [-0.2, 0) is 23.1 Å². The first kappa shape index (κ1) is 14.3. The number of aryl methyl sites for hydroxylation is 2. The highest BCUT2D eigenvalue weighted by molar-refractivity contribution is 6.30. The Morgan fingerprint density at radius 3 is 2.84 bits per heavy atom. The average Bonchev–Trinajstić information content (AvgIpc) is 2.55. The van der Waals surface area contributed by atoms with Gasteiger partial charge in [-0.25, -0.2) is 0 Å². The molecule has 1 fully saturated rings. The van der Waals surface area contributed by atoms with Crippen molar-refractivity contribution >= 4 is 17.5 Å². The summed E-state index contributed by atoms with van der Waals surface area (Å²) in [5, 5.41) is 4.87. The Hall–Kier alpha value is -1.11. The van der Waals surface area contributed by atoms with Crippen LogP contribution in [0.3, 0.4) is 0 Å². The molecule has 0 aromatic carbocycles. The number of halogens is 1. The lowest BCUT2D eigenvalue weighted by Gasteiger charge is -2.37. The van der Waals surface area contributed by atoms with Crippen molar-refractivity contribution in [2.24, 2.45) is 12.8 Å². The fraction of sp³-hybridized carbons (Fsp3) is 0.667. The molecule has 106 valence electrons. The summed E-state index contributed by atoms with van der Waals surface area (Å²) in [7, 11) is 1.80. The van der Waals surface area contributed by atoms with E-state index >= 15 is 0 Å². The molecule has 1 saturated heterocycles. The second kappa shape index (κ2) is 5.48. The van der Waals surface area contributed by atoms with E-state index in [0.717, 1.165) is 11.3 Å². The van der Waals surface area contributed by atoms with Gasteiger partial charge in [0.05, 0.1) is 18.4 Å². The molecule has 2 N–H and O–H groups in total. The lowest BCUT2D eigenvalue weighted by Crippen LogP contribution is -2.56. The second-order valence-electron chi connectivity index (χ2n) is 4.87. The predicted octanol–water partition coefficient (Wildman–Crippen LogP) is 0.457. The van der Waals surface area contributed by atoms with Crippen LogP contribution in [0.5, 0.6) is 0 Å². The summed E-state index contributed by atoms with van der Waals surface area (Å²) in [6, 6.07) is -0.426. The molecule has 1 aromatic rings. The molecule has 0 bridgehead atoms. The zero-order valence-electron chi connectivity index (χ0n) is 11.4. The van der Waals surface area contributed by atoms with Crippen LogP contribution in [-0.4, -0.2) is 45.9 Å². The van der Waals surface area contributed by atoms with Crippen molar-refractivity contribution in [2.45, 2.75) is 32.5 Å². The van der Waals surface area contributed by atoms with Gasteiger partial charge < -0.3 is 10.5 Å². The summed E-state index contributed by atoms with van der Waals surface area (Å²) >= 11 is 6.22. The van der Waals surface area contributed by atoms with Crippen molar-refractivity contribution in [1.29, 1.82) is 0 Å². The van der Waals surface area contributed by atoms with Crippen molar-refractivity contribution in [3.8, 4) is 0 Å². The van der Waals surface area contributed by atoms with Crippen LogP contribution in [0.1, 0.15) is 18.2 Å². The minimum absolute atomic E-state index is 0.206. The Morgan fingerprint density at radius 1 is 1.63 bits per heavy atom. The van der Waals surface area contributed by atoms with Crippen LogP contribution >= 0.6 is 11.6 Å². The van der Waals surface area contributed by atoms with Crippen molar-refractivity contribution in [2.75, 3.05) is 13.2 Å². The first-order chi connectivity index (χ1) is 8.91. The number of aromatic nitrogens is 2. The number of nitrogens with zero attached hydrogens (tertiary/aromatic N) is 3. The summed E-state index contributed by atoms with van der Waals surface area (Å²) < 4.78 is 7.12. The van der Waals surface area contributed by atoms with E-state index in [4.69, 9.17) is 22.1 Å². The van der Waals surface area contributed by atoms with Gasteiger partial charge in [0, 0.05) is 25.7 Å². The second-order valence-corrected chi connectivity index (χ2v) is 5.23. The highest BCUT2D eigenvalue weighted by Crippen LogP contribution is 2.23. The standard InChI is InChI=1S/C12H19ClN4O2/c1-7-9(11(13)16(3)15-7)6-17-4-5-19-8(2)10(17)12(14)18/h8,10H,4-6H2,1-3H3,(H2,14,18)/t8-,10+/m1/s1.